The predicted molar refractivity (Wildman–Crippen MR) is 102 cm³/mol. The van der Waals surface area contributed by atoms with Crippen LogP contribution in [-0.2, 0) is 4.79 Å². The number of methoxy groups -OCH3 is 1. The molecular formula is C18H13ClN4O3S. The molecule has 1 amide bonds. The van der Waals surface area contributed by atoms with Crippen LogP contribution in [0.15, 0.2) is 52.1 Å². The molecule has 0 aliphatic carbocycles. The highest BCUT2D eigenvalue weighted by Gasteiger charge is 2.15. The van der Waals surface area contributed by atoms with Crippen LogP contribution in [0.3, 0.4) is 0 Å². The van der Waals surface area contributed by atoms with Gasteiger partial charge < -0.3 is 14.5 Å². The van der Waals surface area contributed by atoms with Gasteiger partial charge in [0.2, 0.25) is 5.91 Å². The normalized spacial score (nSPS) is 10.3. The summed E-state index contributed by atoms with van der Waals surface area (Å²) in [6.45, 7) is 0. The quantitative estimate of drug-likeness (QED) is 0.624. The molecule has 136 valence electrons. The number of amides is 1. The number of para-hydroxylation sites is 1. The van der Waals surface area contributed by atoms with Crippen molar-refractivity contribution in [3.63, 3.8) is 0 Å². The fourth-order valence-corrected chi connectivity index (χ4v) is 2.96. The van der Waals surface area contributed by atoms with Crippen LogP contribution < -0.4 is 10.1 Å². The van der Waals surface area contributed by atoms with Gasteiger partial charge in [-0.25, -0.2) is 0 Å². The van der Waals surface area contributed by atoms with Crippen molar-refractivity contribution in [2.24, 2.45) is 0 Å². The number of nitrogens with zero attached hydrogens (tertiary/aromatic N) is 3. The summed E-state index contributed by atoms with van der Waals surface area (Å²) < 4.78 is 10.9. The maximum absolute atomic E-state index is 12.1. The minimum absolute atomic E-state index is 0.0327. The van der Waals surface area contributed by atoms with E-state index in [1.807, 2.05) is 18.2 Å². The van der Waals surface area contributed by atoms with Crippen molar-refractivity contribution in [3.05, 3.63) is 53.1 Å². The lowest BCUT2D eigenvalue weighted by Crippen LogP contribution is -2.15. The van der Waals surface area contributed by atoms with Crippen LogP contribution in [0, 0.1) is 11.3 Å². The second-order valence-electron chi connectivity index (χ2n) is 5.21. The number of rotatable bonds is 6. The summed E-state index contributed by atoms with van der Waals surface area (Å²) in [5, 5.41) is 20.3. The van der Waals surface area contributed by atoms with Crippen LogP contribution in [0.25, 0.3) is 11.5 Å². The molecule has 0 radical (unpaired) electrons. The summed E-state index contributed by atoms with van der Waals surface area (Å²) in [5.74, 6) is 0.624. The van der Waals surface area contributed by atoms with E-state index >= 15 is 0 Å². The second-order valence-corrected chi connectivity index (χ2v) is 6.57. The summed E-state index contributed by atoms with van der Waals surface area (Å²) in [4.78, 5) is 12.1. The van der Waals surface area contributed by atoms with E-state index in [2.05, 4.69) is 15.5 Å². The fourth-order valence-electron chi connectivity index (χ4n) is 2.23. The Balaban J connectivity index is 1.64. The average Bonchev–Trinajstić information content (AvgIpc) is 3.15. The predicted octanol–water partition coefficient (Wildman–Crippen LogP) is 4.00. The van der Waals surface area contributed by atoms with E-state index in [0.717, 1.165) is 11.8 Å². The van der Waals surface area contributed by atoms with Gasteiger partial charge in [-0.15, -0.1) is 10.2 Å². The first kappa shape index (κ1) is 18.8. The lowest BCUT2D eigenvalue weighted by molar-refractivity contribution is -0.113. The first-order valence-corrected chi connectivity index (χ1v) is 9.06. The van der Waals surface area contributed by atoms with E-state index in [1.54, 1.807) is 31.4 Å². The van der Waals surface area contributed by atoms with E-state index in [-0.39, 0.29) is 16.9 Å². The van der Waals surface area contributed by atoms with Crippen molar-refractivity contribution in [2.45, 2.75) is 5.22 Å². The highest BCUT2D eigenvalue weighted by Crippen LogP contribution is 2.30. The molecule has 0 bridgehead atoms. The van der Waals surface area contributed by atoms with Crippen LogP contribution in [0.1, 0.15) is 5.56 Å². The van der Waals surface area contributed by atoms with Crippen molar-refractivity contribution >= 4 is 35.0 Å². The van der Waals surface area contributed by atoms with Gasteiger partial charge in [-0.2, -0.15) is 5.26 Å². The second kappa shape index (κ2) is 8.58. The van der Waals surface area contributed by atoms with Gasteiger partial charge in [-0.3, -0.25) is 4.79 Å². The van der Waals surface area contributed by atoms with Crippen molar-refractivity contribution in [2.75, 3.05) is 18.2 Å². The third-order valence-electron chi connectivity index (χ3n) is 3.45. The Labute approximate surface area is 164 Å². The van der Waals surface area contributed by atoms with Gasteiger partial charge in [0.25, 0.3) is 11.1 Å². The van der Waals surface area contributed by atoms with Crippen LogP contribution in [0.5, 0.6) is 5.75 Å². The van der Waals surface area contributed by atoms with Crippen LogP contribution in [-0.4, -0.2) is 29.0 Å². The standard InChI is InChI=1S/C18H13ClN4O3S/c1-25-15-5-3-2-4-13(15)17-22-23-18(26-17)27-10-16(24)21-14-8-12(19)7-6-11(14)9-20/h2-8H,10H2,1H3,(H,21,24). The Morgan fingerprint density at radius 1 is 1.33 bits per heavy atom. The number of halogens is 1. The first-order chi connectivity index (χ1) is 13.1. The van der Waals surface area contributed by atoms with Crippen molar-refractivity contribution in [3.8, 4) is 23.3 Å². The summed E-state index contributed by atoms with van der Waals surface area (Å²) in [7, 11) is 1.56. The van der Waals surface area contributed by atoms with E-state index < -0.39 is 0 Å². The Bertz CT molecular complexity index is 1020. The number of hydrogen-bond acceptors (Lipinski definition) is 7. The number of nitrogens with one attached hydrogen (secondary N) is 1. The molecule has 1 aromatic heterocycles. The smallest absolute Gasteiger partial charge is 0.277 e. The molecule has 0 saturated carbocycles. The molecule has 0 aliphatic heterocycles. The molecule has 9 heteroatoms. The number of benzene rings is 2. The zero-order chi connectivity index (χ0) is 19.2. The van der Waals surface area contributed by atoms with Crippen molar-refractivity contribution in [1.82, 2.24) is 10.2 Å². The number of ether oxygens (including phenoxy) is 1. The van der Waals surface area contributed by atoms with Gasteiger partial charge in [-0.1, -0.05) is 35.5 Å². The van der Waals surface area contributed by atoms with Gasteiger partial charge in [-0.05, 0) is 30.3 Å². The van der Waals surface area contributed by atoms with Gasteiger partial charge in [0, 0.05) is 5.02 Å². The maximum Gasteiger partial charge on any atom is 0.277 e. The molecule has 1 heterocycles. The molecule has 0 spiro atoms. The summed E-state index contributed by atoms with van der Waals surface area (Å²) in [6, 6.07) is 13.9. The monoisotopic (exact) mass is 400 g/mol. The molecular weight excluding hydrogens is 388 g/mol. The minimum Gasteiger partial charge on any atom is -0.496 e. The molecule has 0 fully saturated rings. The van der Waals surface area contributed by atoms with Crippen molar-refractivity contribution < 1.29 is 13.9 Å². The topological polar surface area (TPSA) is 101 Å². The highest BCUT2D eigenvalue weighted by molar-refractivity contribution is 7.99. The Morgan fingerprint density at radius 2 is 2.15 bits per heavy atom. The molecule has 2 aromatic carbocycles. The van der Waals surface area contributed by atoms with Gasteiger partial charge in [0.1, 0.15) is 11.8 Å². The number of thioether (sulfide) groups is 1. The fraction of sp³-hybridized carbons (Fsp3) is 0.111. The molecule has 7 nitrogen and oxygen atoms in total. The summed E-state index contributed by atoms with van der Waals surface area (Å²) in [5.41, 5.74) is 1.35. The number of carbonyl (C=O) groups is 1. The first-order valence-electron chi connectivity index (χ1n) is 7.70. The van der Waals surface area contributed by atoms with Crippen LogP contribution >= 0.6 is 23.4 Å². The third-order valence-corrected chi connectivity index (χ3v) is 4.50. The maximum atomic E-state index is 12.1. The molecule has 0 saturated heterocycles. The molecule has 27 heavy (non-hydrogen) atoms. The van der Waals surface area contributed by atoms with Gasteiger partial charge in [0.05, 0.1) is 29.7 Å². The number of anilines is 1. The Hall–Kier alpha value is -3.02. The van der Waals surface area contributed by atoms with Crippen molar-refractivity contribution in [1.29, 1.82) is 5.26 Å². The zero-order valence-electron chi connectivity index (χ0n) is 14.1. The number of nitriles is 1. The van der Waals surface area contributed by atoms with E-state index in [1.165, 1.54) is 6.07 Å². The Morgan fingerprint density at radius 3 is 2.93 bits per heavy atom. The summed E-state index contributed by atoms with van der Waals surface area (Å²) in [6.07, 6.45) is 0. The number of aromatic nitrogens is 2. The molecule has 1 N–H and O–H groups in total. The lowest BCUT2D eigenvalue weighted by atomic mass is 10.2. The molecule has 0 unspecified atom stereocenters. The lowest BCUT2D eigenvalue weighted by Gasteiger charge is -2.06. The molecule has 3 rings (SSSR count). The number of hydrogen-bond donors (Lipinski definition) is 1. The zero-order valence-corrected chi connectivity index (χ0v) is 15.7. The molecule has 0 atom stereocenters. The minimum atomic E-state index is -0.323. The highest BCUT2D eigenvalue weighted by atomic mass is 35.5. The van der Waals surface area contributed by atoms with E-state index in [9.17, 15) is 4.79 Å². The van der Waals surface area contributed by atoms with E-state index in [4.69, 9.17) is 26.0 Å². The average molecular weight is 401 g/mol. The molecule has 0 aliphatic rings. The van der Waals surface area contributed by atoms with E-state index in [0.29, 0.717) is 33.5 Å². The summed E-state index contributed by atoms with van der Waals surface area (Å²) >= 11 is 6.99. The SMILES string of the molecule is COc1ccccc1-c1nnc(SCC(=O)Nc2cc(Cl)ccc2C#N)o1. The van der Waals surface area contributed by atoms with Gasteiger partial charge >= 0.3 is 0 Å². The largest absolute Gasteiger partial charge is 0.496 e. The molecule has 3 aromatic rings. The van der Waals surface area contributed by atoms with Crippen LogP contribution in [0.2, 0.25) is 5.02 Å². The van der Waals surface area contributed by atoms with Gasteiger partial charge in [0.15, 0.2) is 0 Å². The Kier molecular flexibility index (Phi) is 5.96. The third kappa shape index (κ3) is 4.58. The number of carbonyl (C=O) groups excluding carboxylic acids is 1. The van der Waals surface area contributed by atoms with Crippen LogP contribution in [0.4, 0.5) is 5.69 Å².